The standard InChI is InChI=1S/C22H35N7O13S2/c1-10(30)26-11(3-2-4-25-21(23)24)17(35)27-12(7-15(31)32)18(36)28-13(8-16(33)34)19(37)29-14(20(38)39)9-44-43-6-5-42-22(40)41/h11-14H,2-9H2,1H3,(H,26,30)(H,27,35)(H,28,36)(H,29,37)(H,31,32)(H,33,34)(H,38,39)(H,40,41)(H4,23,24,25). The maximum Gasteiger partial charge on any atom is 0.505 e. The summed E-state index contributed by atoms with van der Waals surface area (Å²) >= 11 is 0. The fraction of sp³-hybridized carbons (Fsp3) is 0.591. The van der Waals surface area contributed by atoms with Crippen molar-refractivity contribution in [3.05, 3.63) is 0 Å². The molecule has 22 heteroatoms. The summed E-state index contributed by atoms with van der Waals surface area (Å²) in [6, 6.07) is -6.54. The molecule has 0 aliphatic carbocycles. The van der Waals surface area contributed by atoms with Gasteiger partial charge in [-0.15, -0.1) is 0 Å². The molecule has 4 unspecified atom stereocenters. The Kier molecular flexibility index (Phi) is 19.1. The first-order valence-electron chi connectivity index (χ1n) is 12.5. The number of carboxylic acids is 3. The van der Waals surface area contributed by atoms with Gasteiger partial charge in [0.25, 0.3) is 0 Å². The number of nitrogens with zero attached hydrogens (tertiary/aromatic N) is 1. The highest BCUT2D eigenvalue weighted by atomic mass is 33.1. The van der Waals surface area contributed by atoms with Crippen molar-refractivity contribution in [3.63, 3.8) is 0 Å². The second-order valence-electron chi connectivity index (χ2n) is 8.64. The number of amides is 4. The molecule has 4 amide bonds. The zero-order chi connectivity index (χ0) is 33.8. The number of carbonyl (C=O) groups excluding carboxylic acids is 4. The van der Waals surface area contributed by atoms with Gasteiger partial charge in [-0.25, -0.2) is 9.59 Å². The van der Waals surface area contributed by atoms with Crippen molar-refractivity contribution in [1.29, 1.82) is 0 Å². The number of nitrogens with one attached hydrogen (secondary N) is 4. The van der Waals surface area contributed by atoms with Crippen LogP contribution in [0.2, 0.25) is 0 Å². The van der Waals surface area contributed by atoms with Crippen molar-refractivity contribution in [2.75, 3.05) is 24.7 Å². The number of hydrogen-bond acceptors (Lipinski definition) is 12. The lowest BCUT2D eigenvalue weighted by Gasteiger charge is -2.24. The van der Waals surface area contributed by atoms with Gasteiger partial charge in [-0.2, -0.15) is 0 Å². The number of rotatable bonds is 22. The quantitative estimate of drug-likeness (QED) is 0.0182. The summed E-state index contributed by atoms with van der Waals surface area (Å²) < 4.78 is 4.30. The molecule has 0 aromatic carbocycles. The smallest absolute Gasteiger partial charge is 0.481 e. The third-order valence-electron chi connectivity index (χ3n) is 4.99. The number of nitrogens with two attached hydrogens (primary N) is 2. The molecule has 0 aromatic rings. The van der Waals surface area contributed by atoms with Gasteiger partial charge in [0.2, 0.25) is 23.6 Å². The van der Waals surface area contributed by atoms with E-state index in [9.17, 15) is 53.7 Å². The maximum atomic E-state index is 13.0. The molecule has 0 heterocycles. The van der Waals surface area contributed by atoms with Crippen molar-refractivity contribution in [3.8, 4) is 0 Å². The predicted octanol–water partition coefficient (Wildman–Crippen LogP) is -2.89. The minimum Gasteiger partial charge on any atom is -0.481 e. The van der Waals surface area contributed by atoms with Gasteiger partial charge in [0.05, 0.1) is 12.8 Å². The van der Waals surface area contributed by atoms with E-state index in [-0.39, 0.29) is 43.5 Å². The molecule has 0 aliphatic rings. The Hall–Kier alpha value is -4.47. The highest BCUT2D eigenvalue weighted by Gasteiger charge is 2.33. The molecule has 4 atom stereocenters. The number of aliphatic carboxylic acids is 3. The van der Waals surface area contributed by atoms with Crippen LogP contribution in [0, 0.1) is 0 Å². The molecule has 0 radical (unpaired) electrons. The Morgan fingerprint density at radius 1 is 0.750 bits per heavy atom. The van der Waals surface area contributed by atoms with Gasteiger partial charge in [0.1, 0.15) is 30.8 Å². The average molecular weight is 670 g/mol. The van der Waals surface area contributed by atoms with Gasteiger partial charge < -0.3 is 57.9 Å². The van der Waals surface area contributed by atoms with Crippen LogP contribution in [0.5, 0.6) is 0 Å². The number of guanidine groups is 1. The van der Waals surface area contributed by atoms with Crippen LogP contribution in [0.3, 0.4) is 0 Å². The maximum absolute atomic E-state index is 13.0. The van der Waals surface area contributed by atoms with E-state index < -0.39 is 84.7 Å². The zero-order valence-electron chi connectivity index (χ0n) is 23.3. The molecule has 0 aliphatic heterocycles. The van der Waals surface area contributed by atoms with Crippen LogP contribution in [0.15, 0.2) is 4.99 Å². The molecule has 248 valence electrons. The molecular weight excluding hydrogens is 634 g/mol. The normalized spacial score (nSPS) is 13.1. The monoisotopic (exact) mass is 669 g/mol. The van der Waals surface area contributed by atoms with E-state index in [1.807, 2.05) is 5.32 Å². The second kappa shape index (κ2) is 21.3. The van der Waals surface area contributed by atoms with Gasteiger partial charge in [-0.3, -0.25) is 33.8 Å². The Morgan fingerprint density at radius 3 is 1.68 bits per heavy atom. The first-order valence-corrected chi connectivity index (χ1v) is 15.0. The summed E-state index contributed by atoms with van der Waals surface area (Å²) in [4.78, 5) is 98.7. The number of aliphatic imine (C=N–C) groups is 1. The molecule has 0 rings (SSSR count). The number of hydrogen-bond donors (Lipinski definition) is 10. The summed E-state index contributed by atoms with van der Waals surface area (Å²) in [6.07, 6.45) is -3.35. The minimum absolute atomic E-state index is 0.0207. The van der Waals surface area contributed by atoms with E-state index in [2.05, 4.69) is 25.7 Å². The van der Waals surface area contributed by atoms with Crippen molar-refractivity contribution in [1.82, 2.24) is 21.3 Å². The number of ether oxygens (including phenoxy) is 1. The molecule has 0 saturated heterocycles. The second-order valence-corrected chi connectivity index (χ2v) is 11.3. The van der Waals surface area contributed by atoms with E-state index in [0.717, 1.165) is 28.5 Å². The van der Waals surface area contributed by atoms with Crippen LogP contribution in [0.25, 0.3) is 0 Å². The summed E-state index contributed by atoms with van der Waals surface area (Å²) in [5.41, 5.74) is 10.5. The number of carboxylic acid groups (broad SMARTS) is 4. The largest absolute Gasteiger partial charge is 0.505 e. The van der Waals surface area contributed by atoms with Gasteiger partial charge in [-0.05, 0) is 12.8 Å². The lowest BCUT2D eigenvalue weighted by atomic mass is 10.1. The molecule has 12 N–H and O–H groups in total. The van der Waals surface area contributed by atoms with Crippen LogP contribution in [0.1, 0.15) is 32.6 Å². The minimum atomic E-state index is -1.89. The highest BCUT2D eigenvalue weighted by Crippen LogP contribution is 2.22. The van der Waals surface area contributed by atoms with Crippen LogP contribution in [0.4, 0.5) is 4.79 Å². The summed E-state index contributed by atoms with van der Waals surface area (Å²) in [6.45, 7) is 1.02. The van der Waals surface area contributed by atoms with Crippen LogP contribution < -0.4 is 32.7 Å². The van der Waals surface area contributed by atoms with E-state index in [1.54, 1.807) is 0 Å². The average Bonchev–Trinajstić information content (AvgIpc) is 2.89. The fourth-order valence-electron chi connectivity index (χ4n) is 3.12. The van der Waals surface area contributed by atoms with Crippen LogP contribution >= 0.6 is 21.6 Å². The Labute approximate surface area is 257 Å². The fourth-order valence-corrected chi connectivity index (χ4v) is 5.10. The van der Waals surface area contributed by atoms with Crippen LogP contribution in [-0.2, 0) is 38.3 Å². The predicted molar refractivity (Wildman–Crippen MR) is 154 cm³/mol. The van der Waals surface area contributed by atoms with Crippen molar-refractivity contribution in [2.24, 2.45) is 16.5 Å². The highest BCUT2D eigenvalue weighted by molar-refractivity contribution is 8.76. The first-order chi connectivity index (χ1) is 20.5. The Morgan fingerprint density at radius 2 is 1.25 bits per heavy atom. The Balaban J connectivity index is 5.60. The van der Waals surface area contributed by atoms with E-state index >= 15 is 0 Å². The van der Waals surface area contributed by atoms with Crippen molar-refractivity contribution < 1.29 is 63.5 Å². The summed E-state index contributed by atoms with van der Waals surface area (Å²) in [5, 5.41) is 45.0. The van der Waals surface area contributed by atoms with Gasteiger partial charge in [-0.1, -0.05) is 21.6 Å². The topological polar surface area (TPSA) is 339 Å². The van der Waals surface area contributed by atoms with Crippen molar-refractivity contribution >= 4 is 75.2 Å². The third kappa shape index (κ3) is 18.9. The molecular formula is C22H35N7O13S2. The summed E-state index contributed by atoms with van der Waals surface area (Å²) in [5.74, 6) is -9.05. The molecule has 20 nitrogen and oxygen atoms in total. The zero-order valence-corrected chi connectivity index (χ0v) is 25.0. The molecule has 0 bridgehead atoms. The SMILES string of the molecule is CC(=O)NC(CCCN=C(N)N)C(=O)NC(CC(=O)O)C(=O)NC(CC(=O)O)C(=O)NC(CSSCCOC(=O)O)C(=O)O. The molecule has 0 saturated carbocycles. The number of carbonyl (C=O) groups is 8. The van der Waals surface area contributed by atoms with Crippen molar-refractivity contribution in [2.45, 2.75) is 56.8 Å². The first kappa shape index (κ1) is 39.5. The third-order valence-corrected chi connectivity index (χ3v) is 7.37. The summed E-state index contributed by atoms with van der Waals surface area (Å²) in [7, 11) is 1.98. The molecule has 0 fully saturated rings. The van der Waals surface area contributed by atoms with E-state index in [0.29, 0.717) is 0 Å². The van der Waals surface area contributed by atoms with Gasteiger partial charge in [0, 0.05) is 25.0 Å². The lowest BCUT2D eigenvalue weighted by molar-refractivity contribution is -0.144. The van der Waals surface area contributed by atoms with Gasteiger partial charge in [0.15, 0.2) is 5.96 Å². The molecule has 0 aromatic heterocycles. The van der Waals surface area contributed by atoms with E-state index in [1.165, 1.54) is 0 Å². The van der Waals surface area contributed by atoms with E-state index in [4.69, 9.17) is 16.6 Å². The van der Waals surface area contributed by atoms with Gasteiger partial charge >= 0.3 is 24.1 Å². The molecule has 44 heavy (non-hydrogen) atoms. The van der Waals surface area contributed by atoms with Crippen LogP contribution in [-0.4, -0.2) is 123 Å². The molecule has 0 spiro atoms. The lowest BCUT2D eigenvalue weighted by Crippen LogP contribution is -2.58. The Bertz CT molecular complexity index is 1090.